The fraction of sp³-hybridized carbons (Fsp3) is 0.500. The van der Waals surface area contributed by atoms with E-state index in [1.165, 1.54) is 23.1 Å². The number of hydrogen-bond acceptors (Lipinski definition) is 2. The summed E-state index contributed by atoms with van der Waals surface area (Å²) in [6.45, 7) is 6.44. The maximum Gasteiger partial charge on any atom is 0.0373 e. The molecule has 0 aromatic heterocycles. The van der Waals surface area contributed by atoms with Gasteiger partial charge in [0.2, 0.25) is 0 Å². The molecule has 1 heterocycles. The number of aryl methyl sites for hydroxylation is 2. The molecule has 0 spiro atoms. The van der Waals surface area contributed by atoms with Crippen LogP contribution < -0.4 is 11.1 Å². The number of nitrogens with two attached hydrogens (primary N) is 1. The molecule has 1 atom stereocenters. The first-order valence-corrected chi connectivity index (χ1v) is 5.26. The molecule has 0 saturated carbocycles. The summed E-state index contributed by atoms with van der Waals surface area (Å²) in [7, 11) is 0. The monoisotopic (exact) mass is 190 g/mol. The Labute approximate surface area is 85.5 Å². The van der Waals surface area contributed by atoms with Crippen molar-refractivity contribution in [2.24, 2.45) is 0 Å². The van der Waals surface area contributed by atoms with Crippen LogP contribution in [0.2, 0.25) is 0 Å². The molecule has 1 aromatic carbocycles. The van der Waals surface area contributed by atoms with Gasteiger partial charge in [-0.3, -0.25) is 0 Å². The lowest BCUT2D eigenvalue weighted by Gasteiger charge is -2.13. The molecule has 76 valence electrons. The third-order valence-corrected chi connectivity index (χ3v) is 3.15. The van der Waals surface area contributed by atoms with Crippen molar-refractivity contribution in [2.45, 2.75) is 26.2 Å². The van der Waals surface area contributed by atoms with E-state index in [1.807, 2.05) is 0 Å². The summed E-state index contributed by atoms with van der Waals surface area (Å²) in [6, 6.07) is 4.47. The van der Waals surface area contributed by atoms with Gasteiger partial charge in [0.1, 0.15) is 0 Å². The lowest BCUT2D eigenvalue weighted by molar-refractivity contribution is 0.762. The van der Waals surface area contributed by atoms with E-state index in [-0.39, 0.29) is 0 Å². The van der Waals surface area contributed by atoms with Crippen molar-refractivity contribution in [2.75, 3.05) is 18.8 Å². The lowest BCUT2D eigenvalue weighted by Crippen LogP contribution is -2.08. The van der Waals surface area contributed by atoms with E-state index in [9.17, 15) is 0 Å². The highest BCUT2D eigenvalue weighted by atomic mass is 14.9. The predicted molar refractivity (Wildman–Crippen MR) is 60.6 cm³/mol. The Hall–Kier alpha value is -1.02. The number of nitrogens with one attached hydrogen (secondary N) is 1. The van der Waals surface area contributed by atoms with Gasteiger partial charge in [-0.05, 0) is 49.4 Å². The van der Waals surface area contributed by atoms with E-state index in [2.05, 4.69) is 31.3 Å². The van der Waals surface area contributed by atoms with Crippen LogP contribution in [-0.4, -0.2) is 13.1 Å². The molecule has 0 bridgehead atoms. The number of nitrogen functional groups attached to an aromatic ring is 1. The molecule has 0 aliphatic carbocycles. The maximum absolute atomic E-state index is 5.93. The van der Waals surface area contributed by atoms with Crippen molar-refractivity contribution < 1.29 is 0 Å². The van der Waals surface area contributed by atoms with Crippen LogP contribution in [0.3, 0.4) is 0 Å². The van der Waals surface area contributed by atoms with Crippen LogP contribution in [0.1, 0.15) is 29.0 Å². The van der Waals surface area contributed by atoms with Crippen molar-refractivity contribution >= 4 is 5.69 Å². The summed E-state index contributed by atoms with van der Waals surface area (Å²) in [5.74, 6) is 0.688. The van der Waals surface area contributed by atoms with Gasteiger partial charge < -0.3 is 11.1 Å². The van der Waals surface area contributed by atoms with Gasteiger partial charge in [-0.15, -0.1) is 0 Å². The molecule has 1 unspecified atom stereocenters. The summed E-state index contributed by atoms with van der Waals surface area (Å²) in [4.78, 5) is 0. The number of rotatable bonds is 1. The molecule has 1 saturated heterocycles. The Balaban J connectivity index is 2.34. The Bertz CT molecular complexity index is 315. The van der Waals surface area contributed by atoms with Crippen LogP contribution in [0, 0.1) is 13.8 Å². The molecule has 1 aliphatic heterocycles. The Morgan fingerprint density at radius 2 is 1.93 bits per heavy atom. The van der Waals surface area contributed by atoms with Gasteiger partial charge in [-0.25, -0.2) is 0 Å². The van der Waals surface area contributed by atoms with Crippen LogP contribution in [0.4, 0.5) is 5.69 Å². The minimum absolute atomic E-state index is 0.688. The van der Waals surface area contributed by atoms with Crippen LogP contribution in [0.25, 0.3) is 0 Å². The second kappa shape index (κ2) is 3.62. The highest BCUT2D eigenvalue weighted by Gasteiger charge is 2.17. The average Bonchev–Trinajstić information content (AvgIpc) is 2.66. The van der Waals surface area contributed by atoms with Gasteiger partial charge >= 0.3 is 0 Å². The molecule has 0 amide bonds. The SMILES string of the molecule is Cc1cc(C2CCNC2)cc(C)c1N. The summed E-state index contributed by atoms with van der Waals surface area (Å²) in [6.07, 6.45) is 1.25. The van der Waals surface area contributed by atoms with Gasteiger partial charge in [-0.1, -0.05) is 12.1 Å². The fourth-order valence-corrected chi connectivity index (χ4v) is 2.18. The Morgan fingerprint density at radius 3 is 2.43 bits per heavy atom. The Kier molecular flexibility index (Phi) is 2.46. The molecule has 2 rings (SSSR count). The third-order valence-electron chi connectivity index (χ3n) is 3.15. The minimum atomic E-state index is 0.688. The molecule has 3 N–H and O–H groups in total. The molecule has 1 aliphatic rings. The maximum atomic E-state index is 5.93. The lowest BCUT2D eigenvalue weighted by atomic mass is 9.94. The first-order valence-electron chi connectivity index (χ1n) is 5.26. The Morgan fingerprint density at radius 1 is 1.29 bits per heavy atom. The standard InChI is InChI=1S/C12H18N2/c1-8-5-11(6-9(2)12(8)13)10-3-4-14-7-10/h5-6,10,14H,3-4,7,13H2,1-2H3. The van der Waals surface area contributed by atoms with Crippen molar-refractivity contribution in [3.05, 3.63) is 28.8 Å². The van der Waals surface area contributed by atoms with Gasteiger partial charge in [0.15, 0.2) is 0 Å². The topological polar surface area (TPSA) is 38.0 Å². The second-order valence-electron chi connectivity index (χ2n) is 4.26. The predicted octanol–water partition coefficient (Wildman–Crippen LogP) is 1.96. The third kappa shape index (κ3) is 1.62. The van der Waals surface area contributed by atoms with E-state index in [0.717, 1.165) is 18.8 Å². The van der Waals surface area contributed by atoms with Crippen LogP contribution in [0.15, 0.2) is 12.1 Å². The first kappa shape index (κ1) is 9.53. The van der Waals surface area contributed by atoms with Crippen molar-refractivity contribution in [3.8, 4) is 0 Å². The smallest absolute Gasteiger partial charge is 0.0373 e. The van der Waals surface area contributed by atoms with Gasteiger partial charge in [0.05, 0.1) is 0 Å². The zero-order valence-electron chi connectivity index (χ0n) is 8.93. The van der Waals surface area contributed by atoms with E-state index in [4.69, 9.17) is 5.73 Å². The van der Waals surface area contributed by atoms with Gasteiger partial charge in [0, 0.05) is 12.2 Å². The summed E-state index contributed by atoms with van der Waals surface area (Å²) < 4.78 is 0. The van der Waals surface area contributed by atoms with E-state index in [1.54, 1.807) is 0 Å². The first-order chi connectivity index (χ1) is 6.68. The highest BCUT2D eigenvalue weighted by Crippen LogP contribution is 2.27. The number of benzene rings is 1. The largest absolute Gasteiger partial charge is 0.398 e. The van der Waals surface area contributed by atoms with E-state index < -0.39 is 0 Å². The fourth-order valence-electron chi connectivity index (χ4n) is 2.18. The molecule has 2 nitrogen and oxygen atoms in total. The van der Waals surface area contributed by atoms with Gasteiger partial charge in [0.25, 0.3) is 0 Å². The molecule has 1 fully saturated rings. The van der Waals surface area contributed by atoms with Crippen molar-refractivity contribution in [3.63, 3.8) is 0 Å². The molecule has 1 aromatic rings. The molecule has 2 heteroatoms. The summed E-state index contributed by atoms with van der Waals surface area (Å²) in [5.41, 5.74) is 10.8. The van der Waals surface area contributed by atoms with Crippen LogP contribution in [-0.2, 0) is 0 Å². The minimum Gasteiger partial charge on any atom is -0.398 e. The molecule has 14 heavy (non-hydrogen) atoms. The van der Waals surface area contributed by atoms with Crippen molar-refractivity contribution in [1.29, 1.82) is 0 Å². The van der Waals surface area contributed by atoms with Gasteiger partial charge in [-0.2, -0.15) is 0 Å². The number of anilines is 1. The van der Waals surface area contributed by atoms with E-state index in [0.29, 0.717) is 5.92 Å². The summed E-state index contributed by atoms with van der Waals surface area (Å²) >= 11 is 0. The van der Waals surface area contributed by atoms with Crippen molar-refractivity contribution in [1.82, 2.24) is 5.32 Å². The quantitative estimate of drug-likeness (QED) is 0.664. The van der Waals surface area contributed by atoms with Crippen LogP contribution in [0.5, 0.6) is 0 Å². The van der Waals surface area contributed by atoms with E-state index >= 15 is 0 Å². The summed E-state index contributed by atoms with van der Waals surface area (Å²) in [5, 5.41) is 3.39. The normalized spacial score (nSPS) is 21.4. The number of hydrogen-bond donors (Lipinski definition) is 2. The second-order valence-corrected chi connectivity index (χ2v) is 4.26. The molecular formula is C12H18N2. The van der Waals surface area contributed by atoms with Crippen LogP contribution >= 0.6 is 0 Å². The molecule has 0 radical (unpaired) electrons. The zero-order chi connectivity index (χ0) is 10.1. The zero-order valence-corrected chi connectivity index (χ0v) is 8.93. The average molecular weight is 190 g/mol. The molecular weight excluding hydrogens is 172 g/mol. The highest BCUT2D eigenvalue weighted by molar-refractivity contribution is 5.55.